The molecule has 4 heteroatoms. The zero-order chi connectivity index (χ0) is 9.56. The van der Waals surface area contributed by atoms with Crippen molar-refractivity contribution in [3.8, 4) is 5.75 Å². The third kappa shape index (κ3) is 5.69. The molecule has 0 amide bonds. The van der Waals surface area contributed by atoms with E-state index < -0.39 is 5.97 Å². The molecule has 0 aliphatic rings. The van der Waals surface area contributed by atoms with Crippen molar-refractivity contribution in [2.75, 3.05) is 0 Å². The number of rotatable bonds is 1. The van der Waals surface area contributed by atoms with E-state index in [2.05, 4.69) is 6.92 Å². The minimum Gasteiger partial charge on any atom is -0.508 e. The third-order valence-corrected chi connectivity index (χ3v) is 1.11. The molecular weight excluding hydrogens is 179 g/mol. The van der Waals surface area contributed by atoms with Crippen molar-refractivity contribution in [2.24, 2.45) is 0 Å². The average Bonchev–Trinajstić information content (AvgIpc) is 2.09. The number of aromatic hydroxyl groups is 1. The molecule has 0 unspecified atom stereocenters. The van der Waals surface area contributed by atoms with E-state index in [0.29, 0.717) is 0 Å². The molecule has 0 aliphatic carbocycles. The molecule has 0 heterocycles. The number of hydrogen-bond acceptors (Lipinski definition) is 2. The van der Waals surface area contributed by atoms with E-state index in [-0.39, 0.29) is 40.9 Å². The predicted molar refractivity (Wildman–Crippen MR) is 46.1 cm³/mol. The van der Waals surface area contributed by atoms with Crippen molar-refractivity contribution in [1.82, 2.24) is 0 Å². The summed E-state index contributed by atoms with van der Waals surface area (Å²) in [6.45, 7) is 5.00. The van der Waals surface area contributed by atoms with E-state index >= 15 is 0 Å². The van der Waals surface area contributed by atoms with E-state index in [4.69, 9.17) is 10.2 Å². The largest absolute Gasteiger partial charge is 1.00 e. The molecule has 1 aromatic rings. The summed E-state index contributed by atoms with van der Waals surface area (Å²) in [7, 11) is 0. The summed E-state index contributed by atoms with van der Waals surface area (Å²) in [5.41, 5.74) is 0.179. The van der Waals surface area contributed by atoms with Crippen molar-refractivity contribution in [3.63, 3.8) is 0 Å². The molecule has 0 saturated carbocycles. The van der Waals surface area contributed by atoms with Gasteiger partial charge in [0.1, 0.15) is 5.75 Å². The van der Waals surface area contributed by atoms with Crippen LogP contribution in [0.15, 0.2) is 24.3 Å². The van der Waals surface area contributed by atoms with Crippen molar-refractivity contribution < 1.29 is 44.6 Å². The van der Waals surface area contributed by atoms with Crippen LogP contribution in [-0.4, -0.2) is 16.2 Å². The van der Waals surface area contributed by atoms with E-state index in [0.717, 1.165) is 0 Å². The summed E-state index contributed by atoms with van der Waals surface area (Å²) in [4.78, 5) is 10.2. The van der Waals surface area contributed by atoms with Crippen LogP contribution in [0, 0.1) is 6.92 Å². The summed E-state index contributed by atoms with van der Waals surface area (Å²) in [6, 6.07) is 5.36. The number of phenols is 1. The van der Waals surface area contributed by atoms with Crippen LogP contribution in [0.4, 0.5) is 0 Å². The molecular formula is C9H11NaO3. The molecule has 0 bridgehead atoms. The monoisotopic (exact) mass is 190 g/mol. The SMILES string of the molecule is O=C(O)c1ccc(O)cc1.[CH2-]C.[Na+]. The van der Waals surface area contributed by atoms with Gasteiger partial charge in [-0.2, -0.15) is 6.92 Å². The van der Waals surface area contributed by atoms with Gasteiger partial charge in [0, 0.05) is 0 Å². The van der Waals surface area contributed by atoms with Gasteiger partial charge in [0.2, 0.25) is 0 Å². The maximum atomic E-state index is 10.2. The molecule has 0 radical (unpaired) electrons. The van der Waals surface area contributed by atoms with Crippen molar-refractivity contribution in [3.05, 3.63) is 36.8 Å². The second kappa shape index (κ2) is 8.10. The molecule has 13 heavy (non-hydrogen) atoms. The van der Waals surface area contributed by atoms with E-state index in [1.54, 1.807) is 6.92 Å². The second-order valence-corrected chi connectivity index (χ2v) is 1.85. The first kappa shape index (κ1) is 15.0. The first-order valence-corrected chi connectivity index (χ1v) is 3.43. The van der Waals surface area contributed by atoms with Gasteiger partial charge in [-0.3, -0.25) is 0 Å². The Hall–Kier alpha value is -0.510. The van der Waals surface area contributed by atoms with E-state index in [9.17, 15) is 4.79 Å². The normalized spacial score (nSPS) is 7.54. The average molecular weight is 190 g/mol. The van der Waals surface area contributed by atoms with Crippen LogP contribution in [0.5, 0.6) is 5.75 Å². The van der Waals surface area contributed by atoms with Gasteiger partial charge in [-0.1, -0.05) is 0 Å². The Morgan fingerprint density at radius 2 is 1.62 bits per heavy atom. The molecule has 0 saturated heterocycles. The number of aromatic carboxylic acids is 1. The number of carbonyl (C=O) groups is 1. The van der Waals surface area contributed by atoms with Crippen molar-refractivity contribution in [2.45, 2.75) is 6.92 Å². The summed E-state index contributed by atoms with van der Waals surface area (Å²) < 4.78 is 0. The van der Waals surface area contributed by atoms with Gasteiger partial charge in [-0.15, -0.1) is 0 Å². The van der Waals surface area contributed by atoms with E-state index in [1.807, 2.05) is 0 Å². The molecule has 3 nitrogen and oxygen atoms in total. The summed E-state index contributed by atoms with van der Waals surface area (Å²) >= 11 is 0. The maximum Gasteiger partial charge on any atom is 1.00 e. The Morgan fingerprint density at radius 3 is 1.92 bits per heavy atom. The standard InChI is InChI=1S/C7H6O3.C2H5.Na/c8-6-3-1-5(2-4-6)7(9)10;1-2;/h1-4,8H,(H,9,10);1H2,2H3;/q;-1;+1. The second-order valence-electron chi connectivity index (χ2n) is 1.85. The van der Waals surface area contributed by atoms with Crippen LogP contribution in [0.25, 0.3) is 0 Å². The molecule has 1 rings (SSSR count). The molecule has 0 aromatic heterocycles. The van der Waals surface area contributed by atoms with Crippen LogP contribution in [0.3, 0.4) is 0 Å². The summed E-state index contributed by atoms with van der Waals surface area (Å²) in [5.74, 6) is -0.912. The van der Waals surface area contributed by atoms with Crippen LogP contribution in [-0.2, 0) is 0 Å². The van der Waals surface area contributed by atoms with Crippen LogP contribution in [0.2, 0.25) is 0 Å². The first-order valence-electron chi connectivity index (χ1n) is 3.43. The Labute approximate surface area is 99.7 Å². The Morgan fingerprint density at radius 1 is 1.23 bits per heavy atom. The van der Waals surface area contributed by atoms with Crippen molar-refractivity contribution in [1.29, 1.82) is 0 Å². The predicted octanol–water partition coefficient (Wildman–Crippen LogP) is -1.07. The fourth-order valence-electron chi connectivity index (χ4n) is 0.604. The van der Waals surface area contributed by atoms with Gasteiger partial charge in [-0.25, -0.2) is 4.79 Å². The van der Waals surface area contributed by atoms with E-state index in [1.165, 1.54) is 24.3 Å². The number of phenolic OH excluding ortho intramolecular Hbond substituents is 1. The number of hydrogen-bond donors (Lipinski definition) is 2. The number of benzene rings is 1. The minimum atomic E-state index is -0.986. The fraction of sp³-hybridized carbons (Fsp3) is 0.111. The quantitative estimate of drug-likeness (QED) is 0.438. The molecule has 0 atom stereocenters. The Bertz CT molecular complexity index is 244. The molecule has 1 aromatic carbocycles. The fourth-order valence-corrected chi connectivity index (χ4v) is 0.604. The van der Waals surface area contributed by atoms with Crippen LogP contribution in [0.1, 0.15) is 17.3 Å². The topological polar surface area (TPSA) is 57.5 Å². The minimum absolute atomic E-state index is 0. The van der Waals surface area contributed by atoms with Crippen LogP contribution >= 0.6 is 0 Å². The molecule has 2 N–H and O–H groups in total. The molecule has 0 aliphatic heterocycles. The van der Waals surface area contributed by atoms with Gasteiger partial charge in [0.15, 0.2) is 0 Å². The Balaban J connectivity index is 0. The van der Waals surface area contributed by atoms with Gasteiger partial charge in [-0.05, 0) is 24.3 Å². The van der Waals surface area contributed by atoms with Gasteiger partial charge in [0.25, 0.3) is 0 Å². The van der Waals surface area contributed by atoms with Gasteiger partial charge in [0.05, 0.1) is 5.56 Å². The zero-order valence-corrected chi connectivity index (χ0v) is 9.82. The zero-order valence-electron chi connectivity index (χ0n) is 7.82. The van der Waals surface area contributed by atoms with Crippen molar-refractivity contribution >= 4 is 5.97 Å². The molecule has 0 fully saturated rings. The molecule has 0 spiro atoms. The van der Waals surface area contributed by atoms with Gasteiger partial charge >= 0.3 is 35.5 Å². The third-order valence-electron chi connectivity index (χ3n) is 1.11. The summed E-state index contributed by atoms with van der Waals surface area (Å²) in [6.07, 6.45) is 0. The number of carboxylic acid groups (broad SMARTS) is 1. The van der Waals surface area contributed by atoms with Gasteiger partial charge < -0.3 is 17.1 Å². The first-order chi connectivity index (χ1) is 5.70. The number of carboxylic acids is 1. The summed E-state index contributed by atoms with van der Waals surface area (Å²) in [5, 5.41) is 17.1. The van der Waals surface area contributed by atoms with Crippen LogP contribution < -0.4 is 29.6 Å². The molecule has 66 valence electrons. The Kier molecular flexibility index (Phi) is 9.34. The maximum absolute atomic E-state index is 10.2. The smallest absolute Gasteiger partial charge is 0.508 e.